The molecule has 0 unspecified atom stereocenters. The molecule has 3 aromatic heterocycles. The average Bonchev–Trinajstić information content (AvgIpc) is 3.58. The van der Waals surface area contributed by atoms with E-state index in [1.54, 1.807) is 0 Å². The zero-order valence-corrected chi connectivity index (χ0v) is 26.2. The number of aromatic nitrogens is 5. The Morgan fingerprint density at radius 3 is 1.41 bits per heavy atom. The maximum Gasteiger partial charge on any atom is 0.167 e. The molecule has 9 rings (SSSR count). The predicted molar refractivity (Wildman–Crippen MR) is 195 cm³/mol. The molecule has 0 spiro atoms. The van der Waals surface area contributed by atoms with Crippen LogP contribution >= 0.6 is 0 Å². The maximum atomic E-state index is 6.68. The summed E-state index contributed by atoms with van der Waals surface area (Å²) >= 11 is 0. The smallest absolute Gasteiger partial charge is 0.167 e. The number of hydrogen-bond donors (Lipinski definition) is 0. The second-order valence-corrected chi connectivity index (χ2v) is 11.7. The zero-order valence-electron chi connectivity index (χ0n) is 26.2. The molecular weight excluding hydrogens is 603 g/mol. The number of benzene rings is 6. The van der Waals surface area contributed by atoms with Gasteiger partial charge in [-0.2, -0.15) is 0 Å². The third kappa shape index (κ3) is 5.31. The summed E-state index contributed by atoms with van der Waals surface area (Å²) in [6.07, 6.45) is 0. The van der Waals surface area contributed by atoms with Crippen molar-refractivity contribution in [3.8, 4) is 68.1 Å². The number of para-hydroxylation sites is 1. The largest absolute Gasteiger partial charge is 0.455 e. The summed E-state index contributed by atoms with van der Waals surface area (Å²) in [6.45, 7) is 0. The van der Waals surface area contributed by atoms with E-state index in [2.05, 4.69) is 30.3 Å². The average molecular weight is 630 g/mol. The topological polar surface area (TPSA) is 77.6 Å². The molecule has 0 atom stereocenters. The molecular formula is C43H27N5O. The monoisotopic (exact) mass is 629 g/mol. The second-order valence-electron chi connectivity index (χ2n) is 11.7. The highest BCUT2D eigenvalue weighted by Gasteiger charge is 2.21. The van der Waals surface area contributed by atoms with E-state index >= 15 is 0 Å². The molecule has 6 heteroatoms. The lowest BCUT2D eigenvalue weighted by atomic mass is 10.0. The molecule has 0 aliphatic carbocycles. The SMILES string of the molecule is c1ccc(-c2cc(-c3cccc4oc5c(-c6nc(-c7ccccc7)nc(-c7ccccc7)n6)cccc5c34)nc(-c3ccccc3)n2)cc1. The lowest BCUT2D eigenvalue weighted by molar-refractivity contribution is 0.669. The molecule has 0 N–H and O–H groups in total. The summed E-state index contributed by atoms with van der Waals surface area (Å²) in [6, 6.07) is 54.6. The Balaban J connectivity index is 1.26. The lowest BCUT2D eigenvalue weighted by Crippen LogP contribution is -2.00. The Kier molecular flexibility index (Phi) is 7.02. The number of furan rings is 1. The quantitative estimate of drug-likeness (QED) is 0.182. The Morgan fingerprint density at radius 1 is 0.347 bits per heavy atom. The molecule has 230 valence electrons. The molecule has 3 heterocycles. The first-order chi connectivity index (χ1) is 24.3. The third-order valence-corrected chi connectivity index (χ3v) is 8.57. The van der Waals surface area contributed by atoms with Gasteiger partial charge in [0.25, 0.3) is 0 Å². The summed E-state index contributed by atoms with van der Waals surface area (Å²) < 4.78 is 6.68. The summed E-state index contributed by atoms with van der Waals surface area (Å²) in [5.74, 6) is 2.40. The Hall–Kier alpha value is -6.79. The minimum absolute atomic E-state index is 0.540. The minimum Gasteiger partial charge on any atom is -0.455 e. The molecule has 0 aliphatic heterocycles. The molecule has 0 aliphatic rings. The fourth-order valence-electron chi connectivity index (χ4n) is 6.22. The van der Waals surface area contributed by atoms with Crippen LogP contribution in [0.15, 0.2) is 168 Å². The normalized spacial score (nSPS) is 11.3. The minimum atomic E-state index is 0.540. The lowest BCUT2D eigenvalue weighted by Gasteiger charge is -2.10. The Bertz CT molecular complexity index is 2470. The van der Waals surface area contributed by atoms with Crippen molar-refractivity contribution in [3.05, 3.63) is 164 Å². The van der Waals surface area contributed by atoms with Gasteiger partial charge in [-0.05, 0) is 18.2 Å². The second kappa shape index (κ2) is 12.1. The van der Waals surface area contributed by atoms with Crippen molar-refractivity contribution in [2.75, 3.05) is 0 Å². The van der Waals surface area contributed by atoms with Gasteiger partial charge in [-0.3, -0.25) is 0 Å². The predicted octanol–water partition coefficient (Wildman–Crippen LogP) is 10.6. The van der Waals surface area contributed by atoms with E-state index in [1.165, 1.54) is 0 Å². The highest BCUT2D eigenvalue weighted by Crippen LogP contribution is 2.41. The number of rotatable bonds is 6. The molecule has 0 bridgehead atoms. The van der Waals surface area contributed by atoms with Crippen LogP contribution in [0.5, 0.6) is 0 Å². The Labute approximate surface area is 282 Å². The van der Waals surface area contributed by atoms with Gasteiger partial charge in [0.2, 0.25) is 0 Å². The van der Waals surface area contributed by atoms with Crippen molar-refractivity contribution in [3.63, 3.8) is 0 Å². The molecule has 6 nitrogen and oxygen atoms in total. The van der Waals surface area contributed by atoms with Crippen molar-refractivity contribution in [2.45, 2.75) is 0 Å². The van der Waals surface area contributed by atoms with Crippen molar-refractivity contribution in [2.24, 2.45) is 0 Å². The third-order valence-electron chi connectivity index (χ3n) is 8.57. The van der Waals surface area contributed by atoms with Crippen LogP contribution in [0.1, 0.15) is 0 Å². The van der Waals surface area contributed by atoms with Crippen LogP contribution in [0.3, 0.4) is 0 Å². The molecule has 6 aromatic carbocycles. The highest BCUT2D eigenvalue weighted by atomic mass is 16.3. The summed E-state index contributed by atoms with van der Waals surface area (Å²) in [4.78, 5) is 25.0. The van der Waals surface area contributed by atoms with Gasteiger partial charge in [0.15, 0.2) is 23.3 Å². The van der Waals surface area contributed by atoms with Gasteiger partial charge in [0, 0.05) is 38.6 Å². The fraction of sp³-hybridized carbons (Fsp3) is 0. The van der Waals surface area contributed by atoms with Crippen molar-refractivity contribution in [1.82, 2.24) is 24.9 Å². The van der Waals surface area contributed by atoms with Gasteiger partial charge in [0.05, 0.1) is 17.0 Å². The number of hydrogen-bond acceptors (Lipinski definition) is 6. The fourth-order valence-corrected chi connectivity index (χ4v) is 6.22. The van der Waals surface area contributed by atoms with Crippen molar-refractivity contribution < 1.29 is 4.42 Å². The zero-order chi connectivity index (χ0) is 32.6. The molecule has 9 aromatic rings. The van der Waals surface area contributed by atoms with E-state index in [-0.39, 0.29) is 0 Å². The van der Waals surface area contributed by atoms with Crippen LogP contribution in [0.25, 0.3) is 90.0 Å². The van der Waals surface area contributed by atoms with E-state index in [0.717, 1.165) is 61.1 Å². The number of nitrogens with zero attached hydrogens (tertiary/aromatic N) is 5. The van der Waals surface area contributed by atoms with Crippen LogP contribution in [0.2, 0.25) is 0 Å². The van der Waals surface area contributed by atoms with Gasteiger partial charge in [-0.15, -0.1) is 0 Å². The van der Waals surface area contributed by atoms with E-state index < -0.39 is 0 Å². The summed E-state index contributed by atoms with van der Waals surface area (Å²) in [7, 11) is 0. The molecule has 0 radical (unpaired) electrons. The maximum absolute atomic E-state index is 6.68. The first kappa shape index (κ1) is 28.4. The molecule has 0 fully saturated rings. The Morgan fingerprint density at radius 2 is 0.816 bits per heavy atom. The first-order valence-electron chi connectivity index (χ1n) is 16.1. The standard InChI is InChI=1S/C43H27N5O/c1-5-15-28(16-6-1)35-27-36(45-40(44-35)29-17-7-2-8-18-29)32-23-14-26-37-38(32)33-24-13-25-34(39(33)49-37)43-47-41(30-19-9-3-10-20-30)46-42(48-43)31-21-11-4-12-22-31/h1-27H. The molecule has 49 heavy (non-hydrogen) atoms. The van der Waals surface area contributed by atoms with Crippen molar-refractivity contribution in [1.29, 1.82) is 0 Å². The van der Waals surface area contributed by atoms with Gasteiger partial charge < -0.3 is 4.42 Å². The van der Waals surface area contributed by atoms with Crippen LogP contribution in [-0.2, 0) is 0 Å². The van der Waals surface area contributed by atoms with E-state index in [9.17, 15) is 0 Å². The number of fused-ring (bicyclic) bond motifs is 3. The van der Waals surface area contributed by atoms with Gasteiger partial charge in [-0.25, -0.2) is 24.9 Å². The van der Waals surface area contributed by atoms with Gasteiger partial charge in [0.1, 0.15) is 11.2 Å². The van der Waals surface area contributed by atoms with E-state index in [1.807, 2.05) is 133 Å². The first-order valence-corrected chi connectivity index (χ1v) is 16.1. The van der Waals surface area contributed by atoms with Crippen molar-refractivity contribution >= 4 is 21.9 Å². The van der Waals surface area contributed by atoms with Crippen LogP contribution in [0.4, 0.5) is 0 Å². The van der Waals surface area contributed by atoms with Crippen LogP contribution in [-0.4, -0.2) is 24.9 Å². The summed E-state index contributed by atoms with van der Waals surface area (Å²) in [5.41, 5.74) is 8.65. The molecule has 0 saturated carbocycles. The van der Waals surface area contributed by atoms with Gasteiger partial charge in [-0.1, -0.05) is 146 Å². The van der Waals surface area contributed by atoms with E-state index in [0.29, 0.717) is 28.9 Å². The summed E-state index contributed by atoms with van der Waals surface area (Å²) in [5, 5.41) is 1.92. The van der Waals surface area contributed by atoms with Crippen LogP contribution in [0, 0.1) is 0 Å². The molecule has 0 saturated heterocycles. The molecule has 0 amide bonds. The van der Waals surface area contributed by atoms with Gasteiger partial charge >= 0.3 is 0 Å². The van der Waals surface area contributed by atoms with E-state index in [4.69, 9.17) is 29.3 Å². The highest BCUT2D eigenvalue weighted by molar-refractivity contribution is 6.15. The van der Waals surface area contributed by atoms with Crippen LogP contribution < -0.4 is 0 Å².